The number of anilines is 1. The van der Waals surface area contributed by atoms with E-state index in [2.05, 4.69) is 33.0 Å². The van der Waals surface area contributed by atoms with E-state index in [1.165, 1.54) is 0 Å². The Labute approximate surface area is 188 Å². The van der Waals surface area contributed by atoms with Crippen LogP contribution in [0, 0.1) is 0 Å². The van der Waals surface area contributed by atoms with E-state index in [1.807, 2.05) is 6.07 Å². The van der Waals surface area contributed by atoms with Crippen LogP contribution in [0.2, 0.25) is 0 Å². The molecule has 0 saturated carbocycles. The van der Waals surface area contributed by atoms with Gasteiger partial charge in [-0.2, -0.15) is 17.6 Å². The third kappa shape index (κ3) is 3.70. The second-order valence-corrected chi connectivity index (χ2v) is 10.2. The van der Waals surface area contributed by atoms with E-state index >= 15 is 0 Å². The lowest BCUT2D eigenvalue weighted by molar-refractivity contribution is 0.121. The molecule has 2 aliphatic rings. The molecule has 5 rings (SSSR count). The molecule has 1 atom stereocenters. The Hall–Kier alpha value is -2.75. The number of likely N-dealkylation sites (N-methyl/N-ethyl adjacent to an activating group) is 1. The van der Waals surface area contributed by atoms with Crippen LogP contribution in [0.5, 0.6) is 0 Å². The first-order chi connectivity index (χ1) is 15.5. The lowest BCUT2D eigenvalue weighted by Gasteiger charge is -2.20. The second kappa shape index (κ2) is 8.31. The molecule has 1 unspecified atom stereocenters. The summed E-state index contributed by atoms with van der Waals surface area (Å²) in [7, 11) is -0.119. The van der Waals surface area contributed by atoms with Gasteiger partial charge in [0.1, 0.15) is 16.7 Å². The quantitative estimate of drug-likeness (QED) is 0.587. The summed E-state index contributed by atoms with van der Waals surface area (Å²) in [6.07, 6.45) is 5.69. The predicted octanol–water partition coefficient (Wildman–Crippen LogP) is 2.61. The smallest absolute Gasteiger partial charge is 0.283 e. The zero-order valence-electron chi connectivity index (χ0n) is 18.3. The number of rotatable bonds is 5. The molecule has 4 heterocycles. The molecular weight excluding hydrogens is 426 g/mol. The van der Waals surface area contributed by atoms with E-state index in [0.717, 1.165) is 54.4 Å². The number of hydrogen-bond donors (Lipinski definition) is 0. The molecule has 0 amide bonds. The van der Waals surface area contributed by atoms with Crippen molar-refractivity contribution < 1.29 is 13.2 Å². The van der Waals surface area contributed by atoms with Gasteiger partial charge in [0.15, 0.2) is 0 Å². The van der Waals surface area contributed by atoms with Gasteiger partial charge >= 0.3 is 0 Å². The summed E-state index contributed by atoms with van der Waals surface area (Å²) in [5, 5.41) is 4.58. The third-order valence-electron chi connectivity index (χ3n) is 6.31. The molecule has 0 radical (unpaired) electrons. The standard InChI is InChI=1S/C23H27N5O3S/c1-26-12-8-17(9-13-26)22-23-21(7-4-11-24-23)28(25-22)32(29,30)20-6-3-5-18(15-20)27-14-10-19(16-27)31-2/h3-8,11,15,19H,9-10,12-14,16H2,1-2H3. The van der Waals surface area contributed by atoms with Crippen molar-refractivity contribution in [3.8, 4) is 0 Å². The van der Waals surface area contributed by atoms with Gasteiger partial charge < -0.3 is 14.5 Å². The van der Waals surface area contributed by atoms with E-state index in [-0.39, 0.29) is 11.0 Å². The van der Waals surface area contributed by atoms with Crippen molar-refractivity contribution in [3.05, 3.63) is 54.4 Å². The van der Waals surface area contributed by atoms with Crippen LogP contribution < -0.4 is 4.90 Å². The molecule has 0 bridgehead atoms. The van der Waals surface area contributed by atoms with Crippen molar-refractivity contribution in [2.24, 2.45) is 0 Å². The Kier molecular flexibility index (Phi) is 5.48. The van der Waals surface area contributed by atoms with Crippen molar-refractivity contribution in [2.45, 2.75) is 23.8 Å². The van der Waals surface area contributed by atoms with Gasteiger partial charge in [-0.3, -0.25) is 4.98 Å². The fourth-order valence-corrected chi connectivity index (χ4v) is 5.72. The molecular formula is C23H27N5O3S. The maximum atomic E-state index is 13.7. The molecule has 2 aromatic heterocycles. The highest BCUT2D eigenvalue weighted by Crippen LogP contribution is 2.30. The number of hydrogen-bond acceptors (Lipinski definition) is 7. The molecule has 1 fully saturated rings. The van der Waals surface area contributed by atoms with Crippen molar-refractivity contribution in [2.75, 3.05) is 45.2 Å². The molecule has 3 aromatic rings. The highest BCUT2D eigenvalue weighted by molar-refractivity contribution is 7.90. The molecule has 9 heteroatoms. The molecule has 1 aromatic carbocycles. The van der Waals surface area contributed by atoms with Crippen LogP contribution >= 0.6 is 0 Å². The first kappa shape index (κ1) is 21.1. The average Bonchev–Trinajstić information content (AvgIpc) is 3.45. The zero-order valence-corrected chi connectivity index (χ0v) is 19.1. The number of ether oxygens (including phenoxy) is 1. The van der Waals surface area contributed by atoms with Crippen LogP contribution in [0.1, 0.15) is 18.5 Å². The fourth-order valence-electron chi connectivity index (χ4n) is 4.41. The molecule has 1 saturated heterocycles. The van der Waals surface area contributed by atoms with Gasteiger partial charge in [0, 0.05) is 45.2 Å². The monoisotopic (exact) mass is 453 g/mol. The van der Waals surface area contributed by atoms with Crippen LogP contribution in [0.25, 0.3) is 16.6 Å². The summed E-state index contributed by atoms with van der Waals surface area (Å²) in [6.45, 7) is 3.30. The van der Waals surface area contributed by atoms with Crippen molar-refractivity contribution >= 4 is 32.3 Å². The Morgan fingerprint density at radius 2 is 2.03 bits per heavy atom. The lowest BCUT2D eigenvalue weighted by atomic mass is 10.0. The first-order valence-electron chi connectivity index (χ1n) is 10.8. The van der Waals surface area contributed by atoms with Crippen LogP contribution in [0.4, 0.5) is 5.69 Å². The maximum absolute atomic E-state index is 13.7. The summed E-state index contributed by atoms with van der Waals surface area (Å²) < 4.78 is 34.0. The van der Waals surface area contributed by atoms with Crippen LogP contribution in [0.15, 0.2) is 53.6 Å². The number of pyridine rings is 1. The highest BCUT2D eigenvalue weighted by Gasteiger charge is 2.27. The topological polar surface area (TPSA) is 80.6 Å². The fraction of sp³-hybridized carbons (Fsp3) is 0.391. The Morgan fingerprint density at radius 1 is 1.16 bits per heavy atom. The van der Waals surface area contributed by atoms with E-state index < -0.39 is 10.0 Å². The van der Waals surface area contributed by atoms with Gasteiger partial charge in [0.2, 0.25) is 0 Å². The number of benzene rings is 1. The minimum atomic E-state index is -3.90. The van der Waals surface area contributed by atoms with E-state index in [0.29, 0.717) is 16.7 Å². The maximum Gasteiger partial charge on any atom is 0.283 e. The Bertz CT molecular complexity index is 1280. The Morgan fingerprint density at radius 3 is 2.78 bits per heavy atom. The molecule has 2 aliphatic heterocycles. The van der Waals surface area contributed by atoms with E-state index in [1.54, 1.807) is 43.6 Å². The van der Waals surface area contributed by atoms with E-state index in [9.17, 15) is 8.42 Å². The van der Waals surface area contributed by atoms with Crippen molar-refractivity contribution in [1.82, 2.24) is 19.1 Å². The zero-order chi connectivity index (χ0) is 22.3. The number of fused-ring (bicyclic) bond motifs is 1. The predicted molar refractivity (Wildman–Crippen MR) is 124 cm³/mol. The number of aromatic nitrogens is 3. The summed E-state index contributed by atoms with van der Waals surface area (Å²) in [4.78, 5) is 9.06. The van der Waals surface area contributed by atoms with Gasteiger partial charge in [-0.25, -0.2) is 0 Å². The van der Waals surface area contributed by atoms with Crippen LogP contribution in [0.3, 0.4) is 0 Å². The van der Waals surface area contributed by atoms with Gasteiger partial charge in [0.05, 0.1) is 11.0 Å². The van der Waals surface area contributed by atoms with Gasteiger partial charge in [-0.1, -0.05) is 12.1 Å². The molecule has 32 heavy (non-hydrogen) atoms. The van der Waals surface area contributed by atoms with Gasteiger partial charge in [-0.05, 0) is 55.8 Å². The molecule has 168 valence electrons. The second-order valence-electron chi connectivity index (χ2n) is 8.40. The summed E-state index contributed by atoms with van der Waals surface area (Å²) in [5.41, 5.74) is 3.67. The number of nitrogens with zero attached hydrogens (tertiary/aromatic N) is 5. The summed E-state index contributed by atoms with van der Waals surface area (Å²) in [6, 6.07) is 10.6. The third-order valence-corrected chi connectivity index (χ3v) is 7.89. The van der Waals surface area contributed by atoms with Gasteiger partial charge in [0.25, 0.3) is 10.0 Å². The van der Waals surface area contributed by atoms with Crippen LogP contribution in [-0.4, -0.2) is 73.9 Å². The highest BCUT2D eigenvalue weighted by atomic mass is 32.2. The SMILES string of the molecule is COC1CCN(c2cccc(S(=O)(=O)n3nc(C4=CCN(C)CC4)c4ncccc43)c2)C1. The molecule has 8 nitrogen and oxygen atoms in total. The first-order valence-corrected chi connectivity index (χ1v) is 12.3. The number of methoxy groups -OCH3 is 1. The minimum Gasteiger partial charge on any atom is -0.380 e. The van der Waals surface area contributed by atoms with Crippen LogP contribution in [-0.2, 0) is 14.8 Å². The largest absolute Gasteiger partial charge is 0.380 e. The summed E-state index contributed by atoms with van der Waals surface area (Å²) >= 11 is 0. The average molecular weight is 454 g/mol. The van der Waals surface area contributed by atoms with E-state index in [4.69, 9.17) is 4.74 Å². The lowest BCUT2D eigenvalue weighted by Crippen LogP contribution is -2.24. The van der Waals surface area contributed by atoms with Crippen molar-refractivity contribution in [1.29, 1.82) is 0 Å². The van der Waals surface area contributed by atoms with Gasteiger partial charge in [-0.15, -0.1) is 0 Å². The normalized spacial score (nSPS) is 20.1. The minimum absolute atomic E-state index is 0.168. The summed E-state index contributed by atoms with van der Waals surface area (Å²) in [5.74, 6) is 0. The molecule has 0 aliphatic carbocycles. The molecule has 0 spiro atoms. The molecule has 0 N–H and O–H groups in total. The Balaban J connectivity index is 1.56. The van der Waals surface area contributed by atoms with Crippen molar-refractivity contribution in [3.63, 3.8) is 0 Å².